The predicted molar refractivity (Wildman–Crippen MR) is 88.6 cm³/mol. The van der Waals surface area contributed by atoms with Gasteiger partial charge in [0.1, 0.15) is 11.1 Å². The third-order valence-corrected chi connectivity index (χ3v) is 4.31. The van der Waals surface area contributed by atoms with Gasteiger partial charge in [-0.3, -0.25) is 10.1 Å². The minimum atomic E-state index is -1.19. The summed E-state index contributed by atoms with van der Waals surface area (Å²) in [4.78, 5) is 37.6. The maximum Gasteiger partial charge on any atom is 0.419 e. The van der Waals surface area contributed by atoms with Crippen molar-refractivity contribution in [2.45, 2.75) is 57.5 Å². The van der Waals surface area contributed by atoms with Crippen molar-refractivity contribution in [1.29, 1.82) is 0 Å². The molecule has 2 fully saturated rings. The van der Waals surface area contributed by atoms with E-state index in [-0.39, 0.29) is 18.9 Å². The highest BCUT2D eigenvalue weighted by atomic mass is 16.6. The Morgan fingerprint density at radius 3 is 2.48 bits per heavy atom. The van der Waals surface area contributed by atoms with E-state index in [1.165, 1.54) is 0 Å². The van der Waals surface area contributed by atoms with Crippen LogP contribution >= 0.6 is 0 Å². The Hall–Kier alpha value is -2.41. The first-order valence-electron chi connectivity index (χ1n) is 8.25. The summed E-state index contributed by atoms with van der Waals surface area (Å²) in [6.07, 6.45) is -0.452. The van der Waals surface area contributed by atoms with E-state index < -0.39 is 29.2 Å². The lowest BCUT2D eigenvalue weighted by Crippen LogP contribution is -2.63. The standard InChI is InChI=1S/C18H22N2O5/c1-17(2,3)25-16(23)20-15(22)19-14(21)18(20)9-13(10-18)24-11-12-7-5-4-6-8-12/h4-8,13H,9-11H2,1-3H3,(H,19,21,22)/t13-,18+. The van der Waals surface area contributed by atoms with Gasteiger partial charge < -0.3 is 9.47 Å². The molecule has 7 nitrogen and oxygen atoms in total. The Bertz CT molecular complexity index is 689. The summed E-state index contributed by atoms with van der Waals surface area (Å²) < 4.78 is 11.1. The average Bonchev–Trinajstić information content (AvgIpc) is 2.74. The highest BCUT2D eigenvalue weighted by Crippen LogP contribution is 2.43. The second-order valence-corrected chi connectivity index (χ2v) is 7.43. The molecule has 1 aromatic carbocycles. The second-order valence-electron chi connectivity index (χ2n) is 7.43. The first-order chi connectivity index (χ1) is 11.7. The number of benzene rings is 1. The van der Waals surface area contributed by atoms with Crippen LogP contribution in [0.4, 0.5) is 9.59 Å². The van der Waals surface area contributed by atoms with Crippen LogP contribution in [0, 0.1) is 0 Å². The first kappa shape index (κ1) is 17.4. The first-order valence-corrected chi connectivity index (χ1v) is 8.25. The van der Waals surface area contributed by atoms with Crippen LogP contribution < -0.4 is 5.32 Å². The molecule has 134 valence electrons. The van der Waals surface area contributed by atoms with Crippen LogP contribution in [-0.4, -0.2) is 40.2 Å². The minimum absolute atomic E-state index is 0.193. The van der Waals surface area contributed by atoms with Gasteiger partial charge >= 0.3 is 12.1 Å². The molecule has 7 heteroatoms. The lowest BCUT2D eigenvalue weighted by atomic mass is 9.73. The van der Waals surface area contributed by atoms with E-state index in [0.717, 1.165) is 10.5 Å². The van der Waals surface area contributed by atoms with Gasteiger partial charge in [-0.15, -0.1) is 0 Å². The van der Waals surface area contributed by atoms with Crippen LogP contribution in [0.15, 0.2) is 30.3 Å². The van der Waals surface area contributed by atoms with Crippen LogP contribution in [0.1, 0.15) is 39.2 Å². The Kier molecular flexibility index (Phi) is 4.28. The molecule has 0 aromatic heterocycles. The van der Waals surface area contributed by atoms with E-state index in [9.17, 15) is 14.4 Å². The Labute approximate surface area is 146 Å². The number of nitrogens with zero attached hydrogens (tertiary/aromatic N) is 1. The molecule has 1 aromatic rings. The van der Waals surface area contributed by atoms with Crippen LogP contribution in [0.25, 0.3) is 0 Å². The zero-order chi connectivity index (χ0) is 18.2. The lowest BCUT2D eigenvalue weighted by molar-refractivity contribution is -0.143. The number of carbonyl (C=O) groups is 3. The summed E-state index contributed by atoms with van der Waals surface area (Å²) >= 11 is 0. The maximum absolute atomic E-state index is 12.4. The molecule has 4 amide bonds. The molecule has 0 radical (unpaired) electrons. The number of hydrogen-bond donors (Lipinski definition) is 1. The van der Waals surface area contributed by atoms with Gasteiger partial charge in [0.05, 0.1) is 12.7 Å². The summed E-state index contributed by atoms with van der Waals surface area (Å²) in [5.41, 5.74) is -0.919. The van der Waals surface area contributed by atoms with E-state index in [1.807, 2.05) is 30.3 Å². The summed E-state index contributed by atoms with van der Waals surface area (Å²) in [7, 11) is 0. The SMILES string of the molecule is CC(C)(C)OC(=O)N1C(=O)NC(=O)[C@]12C[C@H](OCc1ccccc1)C2. The van der Waals surface area contributed by atoms with Gasteiger partial charge in [0.2, 0.25) is 0 Å². The Morgan fingerprint density at radius 1 is 1.24 bits per heavy atom. The van der Waals surface area contributed by atoms with Gasteiger partial charge in [0.15, 0.2) is 0 Å². The molecule has 1 saturated heterocycles. The molecule has 1 saturated carbocycles. The van der Waals surface area contributed by atoms with Crippen LogP contribution in [-0.2, 0) is 20.9 Å². The molecular weight excluding hydrogens is 324 g/mol. The van der Waals surface area contributed by atoms with Gasteiger partial charge in [0.25, 0.3) is 5.91 Å². The van der Waals surface area contributed by atoms with Gasteiger partial charge in [-0.25, -0.2) is 14.5 Å². The molecule has 0 unspecified atom stereocenters. The highest BCUT2D eigenvalue weighted by Gasteiger charge is 2.64. The number of amides is 4. The zero-order valence-electron chi connectivity index (χ0n) is 14.6. The lowest BCUT2D eigenvalue weighted by Gasteiger charge is -2.46. The molecule has 0 atom stereocenters. The zero-order valence-corrected chi connectivity index (χ0v) is 14.6. The molecule has 1 aliphatic carbocycles. The number of carbonyl (C=O) groups excluding carboxylic acids is 3. The number of rotatable bonds is 3. The van der Waals surface area contributed by atoms with Crippen molar-refractivity contribution in [3.63, 3.8) is 0 Å². The quantitative estimate of drug-likeness (QED) is 0.850. The molecule has 25 heavy (non-hydrogen) atoms. The molecule has 3 rings (SSSR count). The average molecular weight is 346 g/mol. The molecule has 1 aliphatic heterocycles. The molecule has 1 N–H and O–H groups in total. The molecule has 1 heterocycles. The van der Waals surface area contributed by atoms with Crippen molar-refractivity contribution in [2.24, 2.45) is 0 Å². The van der Waals surface area contributed by atoms with Crippen molar-refractivity contribution in [3.8, 4) is 0 Å². The molecule has 0 bridgehead atoms. The molecule has 2 aliphatic rings. The molecule has 1 spiro atoms. The number of imide groups is 2. The van der Waals surface area contributed by atoms with E-state index >= 15 is 0 Å². The van der Waals surface area contributed by atoms with Crippen molar-refractivity contribution < 1.29 is 23.9 Å². The summed E-state index contributed by atoms with van der Waals surface area (Å²) in [6.45, 7) is 5.54. The number of nitrogens with one attached hydrogen (secondary N) is 1. The van der Waals surface area contributed by atoms with Gasteiger partial charge in [-0.05, 0) is 26.3 Å². The van der Waals surface area contributed by atoms with Crippen molar-refractivity contribution >= 4 is 18.0 Å². The maximum atomic E-state index is 12.4. The monoisotopic (exact) mass is 346 g/mol. The van der Waals surface area contributed by atoms with Gasteiger partial charge in [-0.2, -0.15) is 0 Å². The Balaban J connectivity index is 1.65. The Morgan fingerprint density at radius 2 is 1.88 bits per heavy atom. The van der Waals surface area contributed by atoms with Crippen LogP contribution in [0.3, 0.4) is 0 Å². The summed E-state index contributed by atoms with van der Waals surface area (Å²) in [5.74, 6) is -0.470. The van der Waals surface area contributed by atoms with Crippen molar-refractivity contribution in [1.82, 2.24) is 10.2 Å². The topological polar surface area (TPSA) is 84.9 Å². The third kappa shape index (κ3) is 3.37. The number of hydrogen-bond acceptors (Lipinski definition) is 5. The van der Waals surface area contributed by atoms with E-state index in [2.05, 4.69) is 5.32 Å². The van der Waals surface area contributed by atoms with E-state index in [4.69, 9.17) is 9.47 Å². The van der Waals surface area contributed by atoms with Crippen LogP contribution in [0.5, 0.6) is 0 Å². The summed E-state index contributed by atoms with van der Waals surface area (Å²) in [6, 6.07) is 8.94. The van der Waals surface area contributed by atoms with Crippen molar-refractivity contribution in [3.05, 3.63) is 35.9 Å². The summed E-state index contributed by atoms with van der Waals surface area (Å²) in [5, 5.41) is 2.21. The molecular formula is C18H22N2O5. The van der Waals surface area contributed by atoms with Gasteiger partial charge in [-0.1, -0.05) is 30.3 Å². The van der Waals surface area contributed by atoms with Crippen LogP contribution in [0.2, 0.25) is 0 Å². The van der Waals surface area contributed by atoms with Crippen molar-refractivity contribution in [2.75, 3.05) is 0 Å². The third-order valence-electron chi connectivity index (χ3n) is 4.31. The smallest absolute Gasteiger partial charge is 0.419 e. The highest BCUT2D eigenvalue weighted by molar-refractivity contribution is 6.13. The fourth-order valence-electron chi connectivity index (χ4n) is 3.10. The second kappa shape index (κ2) is 6.15. The minimum Gasteiger partial charge on any atom is -0.443 e. The predicted octanol–water partition coefficient (Wildman–Crippen LogP) is 2.59. The fourth-order valence-corrected chi connectivity index (χ4v) is 3.10. The number of urea groups is 1. The number of ether oxygens (including phenoxy) is 2. The normalized spacial score (nSPS) is 25.7. The van der Waals surface area contributed by atoms with E-state index in [1.54, 1.807) is 20.8 Å². The van der Waals surface area contributed by atoms with Gasteiger partial charge in [0, 0.05) is 12.8 Å². The van der Waals surface area contributed by atoms with E-state index in [0.29, 0.717) is 6.61 Å². The fraction of sp³-hybridized carbons (Fsp3) is 0.500. The largest absolute Gasteiger partial charge is 0.443 e.